The van der Waals surface area contributed by atoms with Gasteiger partial charge in [0.1, 0.15) is 5.75 Å². The van der Waals surface area contributed by atoms with E-state index in [1.807, 2.05) is 18.6 Å². The minimum absolute atomic E-state index is 0.0667. The number of rotatable bonds is 10. The van der Waals surface area contributed by atoms with Gasteiger partial charge < -0.3 is 10.1 Å². The standard InChI is InChI=1S/C16H23N3O6S.C2H6.CH4/c1-4-15(21)14(18-11(2)20)9-12-5-7-13(8-6-12)25-10-16(22)19-26(23,24)17-3;1-2;/h5-8,14,17H,4,9-10H2,1-3H3,(H,18,20)(H,19,22);1-2H3;1H4/t14-;;/m0../s1/i;;1D. The molecule has 166 valence electrons. The zero-order chi connectivity index (χ0) is 23.7. The van der Waals surface area contributed by atoms with Gasteiger partial charge in [0.2, 0.25) is 5.91 Å². The van der Waals surface area contributed by atoms with E-state index in [-0.39, 0.29) is 11.7 Å². The van der Waals surface area contributed by atoms with E-state index >= 15 is 0 Å². The maximum Gasteiger partial charge on any atom is 0.301 e. The molecule has 1 aromatic carbocycles. The van der Waals surface area contributed by atoms with E-state index < -0.39 is 28.8 Å². The number of hydrogen-bond acceptors (Lipinski definition) is 6. The van der Waals surface area contributed by atoms with Gasteiger partial charge in [-0.1, -0.05) is 40.3 Å². The van der Waals surface area contributed by atoms with Crippen molar-refractivity contribution in [3.63, 3.8) is 0 Å². The monoisotopic (exact) mass is 432 g/mol. The maximum atomic E-state index is 11.9. The Hall–Kier alpha value is -2.46. The fraction of sp³-hybridized carbons (Fsp3) is 0.526. The quantitative estimate of drug-likeness (QED) is 0.511. The van der Waals surface area contributed by atoms with Gasteiger partial charge in [-0.3, -0.25) is 14.4 Å². The Morgan fingerprint density at radius 3 is 2.17 bits per heavy atom. The third kappa shape index (κ3) is 11.9. The molecule has 0 radical (unpaired) electrons. The van der Waals surface area contributed by atoms with Gasteiger partial charge in [0.15, 0.2) is 12.4 Å². The number of carbonyl (C=O) groups excluding carboxylic acids is 3. The molecule has 9 nitrogen and oxygen atoms in total. The summed E-state index contributed by atoms with van der Waals surface area (Å²) in [5, 5.41) is 2.63. The molecule has 0 saturated heterocycles. The summed E-state index contributed by atoms with van der Waals surface area (Å²) in [6.07, 6.45) is 0.657. The molecule has 0 bridgehead atoms. The van der Waals surface area contributed by atoms with Crippen molar-refractivity contribution in [2.45, 2.75) is 54.0 Å². The highest BCUT2D eigenvalue weighted by Gasteiger charge is 2.18. The third-order valence-electron chi connectivity index (χ3n) is 3.36. The number of ether oxygens (including phenoxy) is 1. The van der Waals surface area contributed by atoms with Crippen LogP contribution in [0.2, 0.25) is 0 Å². The molecule has 0 aliphatic heterocycles. The molecule has 0 aliphatic carbocycles. The Labute approximate surface area is 175 Å². The molecule has 0 spiro atoms. The van der Waals surface area contributed by atoms with Crippen LogP contribution < -0.4 is 19.5 Å². The van der Waals surface area contributed by atoms with E-state index in [9.17, 15) is 22.8 Å². The highest BCUT2D eigenvalue weighted by molar-refractivity contribution is 7.88. The summed E-state index contributed by atoms with van der Waals surface area (Å²) in [6, 6.07) is 6.00. The second-order valence-corrected chi connectivity index (χ2v) is 7.06. The second kappa shape index (κ2) is 14.5. The van der Waals surface area contributed by atoms with Gasteiger partial charge in [-0.05, 0) is 24.1 Å². The second-order valence-electron chi connectivity index (χ2n) is 5.44. The zero-order valence-electron chi connectivity index (χ0n) is 18.9. The first-order valence-electron chi connectivity index (χ1n) is 9.92. The lowest BCUT2D eigenvalue weighted by atomic mass is 10.0. The number of nitrogens with one attached hydrogen (secondary N) is 3. The minimum Gasteiger partial charge on any atom is -0.484 e. The first kappa shape index (κ1) is 26.5. The van der Waals surface area contributed by atoms with Crippen molar-refractivity contribution >= 4 is 27.8 Å². The number of Topliss-reactive ketones (excluding diaryl/α,β-unsaturated/α-hetero) is 1. The lowest BCUT2D eigenvalue weighted by Crippen LogP contribution is -2.41. The predicted molar refractivity (Wildman–Crippen MR) is 113 cm³/mol. The molecule has 10 heteroatoms. The summed E-state index contributed by atoms with van der Waals surface area (Å²) in [4.78, 5) is 34.6. The molecular weight excluding hydrogens is 398 g/mol. The number of benzene rings is 1. The molecule has 0 unspecified atom stereocenters. The predicted octanol–water partition coefficient (Wildman–Crippen LogP) is 1.33. The lowest BCUT2D eigenvalue weighted by Gasteiger charge is -2.16. The van der Waals surface area contributed by atoms with E-state index in [0.29, 0.717) is 18.6 Å². The molecule has 29 heavy (non-hydrogen) atoms. The molecule has 0 aromatic heterocycles. The molecule has 0 heterocycles. The van der Waals surface area contributed by atoms with Crippen LogP contribution in [0.5, 0.6) is 5.75 Å². The number of ketones is 1. The fourth-order valence-electron chi connectivity index (χ4n) is 2.07. The molecule has 1 aromatic rings. The van der Waals surface area contributed by atoms with Crippen LogP contribution >= 0.6 is 0 Å². The van der Waals surface area contributed by atoms with Gasteiger partial charge in [0.25, 0.3) is 5.91 Å². The first-order chi connectivity index (χ1) is 14.2. The average molecular weight is 433 g/mol. The number of carbonyl (C=O) groups is 3. The van der Waals surface area contributed by atoms with Crippen LogP contribution in [0, 0.1) is 0 Å². The molecule has 0 saturated carbocycles. The fourth-order valence-corrected chi connectivity index (χ4v) is 2.53. The van der Waals surface area contributed by atoms with Crippen LogP contribution in [0.4, 0.5) is 0 Å². The Morgan fingerprint density at radius 1 is 1.17 bits per heavy atom. The van der Waals surface area contributed by atoms with Crippen molar-refractivity contribution in [2.24, 2.45) is 0 Å². The number of hydrogen-bond donors (Lipinski definition) is 3. The normalized spacial score (nSPS) is 11.3. The van der Waals surface area contributed by atoms with Gasteiger partial charge in [0.05, 0.1) is 6.04 Å². The van der Waals surface area contributed by atoms with Gasteiger partial charge in [-0.2, -0.15) is 8.42 Å². The summed E-state index contributed by atoms with van der Waals surface area (Å²) in [6.45, 7) is 6.61. The highest BCUT2D eigenvalue weighted by atomic mass is 32.2. The highest BCUT2D eigenvalue weighted by Crippen LogP contribution is 2.14. The molecule has 1 rings (SSSR count). The molecule has 2 amide bonds. The summed E-state index contributed by atoms with van der Waals surface area (Å²) >= 11 is 0. The molecular formula is C19H33N3O6S. The summed E-state index contributed by atoms with van der Waals surface area (Å²) in [5.74, 6) is -0.798. The Kier molecular flexibility index (Phi) is 13.3. The summed E-state index contributed by atoms with van der Waals surface area (Å²) < 4.78 is 37.0. The van der Waals surface area contributed by atoms with Crippen LogP contribution in [0.15, 0.2) is 24.3 Å². The SMILES string of the molecule is CC.CCC(=O)[C@H](Cc1ccc(OCC(=O)NS(=O)(=O)NC)cc1)NC(C)=O.[2H]C. The van der Waals surface area contributed by atoms with Crippen molar-refractivity contribution in [1.82, 2.24) is 14.8 Å². The molecule has 0 fully saturated rings. The smallest absolute Gasteiger partial charge is 0.301 e. The van der Waals surface area contributed by atoms with Crippen LogP contribution in [-0.4, -0.2) is 45.7 Å². The van der Waals surface area contributed by atoms with Gasteiger partial charge >= 0.3 is 10.2 Å². The third-order valence-corrected chi connectivity index (χ3v) is 4.40. The van der Waals surface area contributed by atoms with Crippen molar-refractivity contribution in [2.75, 3.05) is 13.7 Å². The summed E-state index contributed by atoms with van der Waals surface area (Å²) in [7, 11) is -1.44. The molecule has 1 atom stereocenters. The summed E-state index contributed by atoms with van der Waals surface area (Å²) in [5.41, 5.74) is 0.806. The van der Waals surface area contributed by atoms with E-state index in [2.05, 4.69) is 5.32 Å². The van der Waals surface area contributed by atoms with Crippen LogP contribution in [0.3, 0.4) is 0 Å². The topological polar surface area (TPSA) is 131 Å². The van der Waals surface area contributed by atoms with E-state index in [1.54, 1.807) is 35.9 Å². The number of amides is 2. The van der Waals surface area contributed by atoms with E-state index in [4.69, 9.17) is 6.11 Å². The van der Waals surface area contributed by atoms with Gasteiger partial charge in [-0.15, -0.1) is 0 Å². The van der Waals surface area contributed by atoms with Crippen molar-refractivity contribution in [3.8, 4) is 5.75 Å². The lowest BCUT2D eigenvalue weighted by molar-refractivity contribution is -0.126. The Bertz CT molecular complexity index is 754. The molecule has 3 N–H and O–H groups in total. The van der Waals surface area contributed by atoms with Crippen LogP contribution in [-0.2, 0) is 31.0 Å². The van der Waals surface area contributed by atoms with E-state index in [0.717, 1.165) is 5.56 Å². The largest absolute Gasteiger partial charge is 0.484 e. The average Bonchev–Trinajstić information content (AvgIpc) is 2.74. The van der Waals surface area contributed by atoms with Crippen LogP contribution in [0.25, 0.3) is 0 Å². The first-order valence-corrected chi connectivity index (χ1v) is 10.4. The van der Waals surface area contributed by atoms with Gasteiger partial charge in [0, 0.05) is 21.8 Å². The van der Waals surface area contributed by atoms with Crippen LogP contribution in [0.1, 0.15) is 48.5 Å². The van der Waals surface area contributed by atoms with Crippen molar-refractivity contribution in [1.29, 1.82) is 0 Å². The van der Waals surface area contributed by atoms with Crippen molar-refractivity contribution in [3.05, 3.63) is 29.8 Å². The Morgan fingerprint density at radius 2 is 1.72 bits per heavy atom. The molecule has 0 aliphatic rings. The van der Waals surface area contributed by atoms with Crippen molar-refractivity contribution < 1.29 is 28.9 Å². The van der Waals surface area contributed by atoms with E-state index in [1.165, 1.54) is 21.4 Å². The zero-order valence-corrected chi connectivity index (χ0v) is 18.7. The minimum atomic E-state index is -3.86. The Balaban J connectivity index is 0. The van der Waals surface area contributed by atoms with Gasteiger partial charge in [-0.25, -0.2) is 9.44 Å². The maximum absolute atomic E-state index is 11.9.